The normalized spacial score (nSPS) is 10.2. The molecule has 0 aliphatic carbocycles. The van der Waals surface area contributed by atoms with Crippen LogP contribution in [0.25, 0.3) is 0 Å². The number of pyridine rings is 1. The minimum absolute atomic E-state index is 0.361. The number of aromatic nitrogens is 1. The number of hydrogen-bond acceptors (Lipinski definition) is 3. The second-order valence-electron chi connectivity index (χ2n) is 3.59. The second kappa shape index (κ2) is 4.97. The molecule has 17 heavy (non-hydrogen) atoms. The molecule has 0 aliphatic rings. The Morgan fingerprint density at radius 1 is 1.47 bits per heavy atom. The summed E-state index contributed by atoms with van der Waals surface area (Å²) >= 11 is 1.60. The first-order valence-electron chi connectivity index (χ1n) is 5.12. The fourth-order valence-corrected chi connectivity index (χ4v) is 2.39. The van der Waals surface area contributed by atoms with E-state index in [0.29, 0.717) is 12.2 Å². The maximum Gasteiger partial charge on any atom is 0.412 e. The number of rotatable bonds is 3. The molecule has 4 nitrogen and oxygen atoms in total. The zero-order valence-electron chi connectivity index (χ0n) is 9.33. The Hall–Kier alpha value is -1.88. The zero-order chi connectivity index (χ0) is 12.3. The first-order valence-corrected chi connectivity index (χ1v) is 5.94. The van der Waals surface area contributed by atoms with Gasteiger partial charge in [-0.25, -0.2) is 4.79 Å². The number of aryl methyl sites for hydroxylation is 1. The van der Waals surface area contributed by atoms with Crippen LogP contribution >= 0.6 is 11.3 Å². The molecule has 2 aromatic rings. The van der Waals surface area contributed by atoms with Crippen molar-refractivity contribution < 1.29 is 9.90 Å². The lowest BCUT2D eigenvalue weighted by atomic mass is 10.3. The highest BCUT2D eigenvalue weighted by Crippen LogP contribution is 2.21. The Bertz CT molecular complexity index is 510. The highest BCUT2D eigenvalue weighted by atomic mass is 32.1. The van der Waals surface area contributed by atoms with Crippen LogP contribution in [0.15, 0.2) is 36.7 Å². The smallest absolute Gasteiger partial charge is 0.412 e. The SMILES string of the molecule is Cc1ccc(CN(C(=O)O)c2cccnc2)s1. The number of hydrogen-bond donors (Lipinski definition) is 1. The largest absolute Gasteiger partial charge is 0.465 e. The molecule has 5 heteroatoms. The van der Waals surface area contributed by atoms with Crippen molar-refractivity contribution in [2.24, 2.45) is 0 Å². The van der Waals surface area contributed by atoms with Gasteiger partial charge >= 0.3 is 6.09 Å². The molecule has 2 rings (SSSR count). The molecule has 88 valence electrons. The number of amides is 1. The third-order valence-electron chi connectivity index (χ3n) is 2.30. The van der Waals surface area contributed by atoms with Crippen LogP contribution in [0.5, 0.6) is 0 Å². The molecular formula is C12H12N2O2S. The second-order valence-corrected chi connectivity index (χ2v) is 4.96. The lowest BCUT2D eigenvalue weighted by Crippen LogP contribution is -2.28. The van der Waals surface area contributed by atoms with Crippen LogP contribution in [0.4, 0.5) is 10.5 Å². The Balaban J connectivity index is 2.22. The summed E-state index contributed by atoms with van der Waals surface area (Å²) in [7, 11) is 0. The molecule has 0 atom stereocenters. The summed E-state index contributed by atoms with van der Waals surface area (Å²) in [6.07, 6.45) is 2.21. The van der Waals surface area contributed by atoms with E-state index in [0.717, 1.165) is 4.88 Å². The summed E-state index contributed by atoms with van der Waals surface area (Å²) in [5, 5.41) is 9.20. The fraction of sp³-hybridized carbons (Fsp3) is 0.167. The predicted octanol–water partition coefficient (Wildman–Crippen LogP) is 3.14. The van der Waals surface area contributed by atoms with Gasteiger partial charge < -0.3 is 5.11 Å². The molecule has 0 unspecified atom stereocenters. The third kappa shape index (κ3) is 2.82. The topological polar surface area (TPSA) is 53.4 Å². The van der Waals surface area contributed by atoms with Gasteiger partial charge in [-0.3, -0.25) is 9.88 Å². The van der Waals surface area contributed by atoms with E-state index in [1.807, 2.05) is 19.1 Å². The molecule has 0 aromatic carbocycles. The van der Waals surface area contributed by atoms with Gasteiger partial charge in [-0.05, 0) is 31.2 Å². The van der Waals surface area contributed by atoms with Crippen molar-refractivity contribution in [3.63, 3.8) is 0 Å². The number of nitrogens with zero attached hydrogens (tertiary/aromatic N) is 2. The van der Waals surface area contributed by atoms with Gasteiger partial charge in [0.2, 0.25) is 0 Å². The first kappa shape index (κ1) is 11.6. The molecule has 0 radical (unpaired) electrons. The molecular weight excluding hydrogens is 236 g/mol. The van der Waals surface area contributed by atoms with Crippen molar-refractivity contribution in [1.29, 1.82) is 0 Å². The Morgan fingerprint density at radius 2 is 2.29 bits per heavy atom. The minimum atomic E-state index is -0.968. The van der Waals surface area contributed by atoms with E-state index in [9.17, 15) is 9.90 Å². The van der Waals surface area contributed by atoms with Crippen molar-refractivity contribution in [2.45, 2.75) is 13.5 Å². The fourth-order valence-electron chi connectivity index (χ4n) is 1.51. The Kier molecular flexibility index (Phi) is 3.39. The molecule has 0 spiro atoms. The van der Waals surface area contributed by atoms with Crippen molar-refractivity contribution in [3.05, 3.63) is 46.4 Å². The van der Waals surface area contributed by atoms with E-state index in [-0.39, 0.29) is 0 Å². The number of anilines is 1. The molecule has 1 amide bonds. The zero-order valence-corrected chi connectivity index (χ0v) is 10.1. The number of thiophene rings is 1. The van der Waals surface area contributed by atoms with Gasteiger partial charge in [0.05, 0.1) is 18.4 Å². The lowest BCUT2D eigenvalue weighted by Gasteiger charge is -2.17. The van der Waals surface area contributed by atoms with E-state index < -0.39 is 6.09 Å². The average Bonchev–Trinajstić information content (AvgIpc) is 2.73. The van der Waals surface area contributed by atoms with E-state index in [4.69, 9.17) is 0 Å². The van der Waals surface area contributed by atoms with Crippen molar-refractivity contribution in [3.8, 4) is 0 Å². The molecule has 0 aliphatic heterocycles. The van der Waals surface area contributed by atoms with Crippen molar-refractivity contribution in [2.75, 3.05) is 4.90 Å². The van der Waals surface area contributed by atoms with Crippen LogP contribution in [0.3, 0.4) is 0 Å². The predicted molar refractivity (Wildman–Crippen MR) is 67.5 cm³/mol. The van der Waals surface area contributed by atoms with Gasteiger partial charge in [0.25, 0.3) is 0 Å². The molecule has 1 N–H and O–H groups in total. The van der Waals surface area contributed by atoms with Crippen LogP contribution in [-0.4, -0.2) is 16.2 Å². The van der Waals surface area contributed by atoms with Crippen LogP contribution in [0, 0.1) is 6.92 Å². The van der Waals surface area contributed by atoms with Crippen LogP contribution < -0.4 is 4.90 Å². The summed E-state index contributed by atoms with van der Waals surface area (Å²) in [5.74, 6) is 0. The van der Waals surface area contributed by atoms with Gasteiger partial charge in [0, 0.05) is 16.0 Å². The summed E-state index contributed by atoms with van der Waals surface area (Å²) in [6.45, 7) is 2.36. The monoisotopic (exact) mass is 248 g/mol. The molecule has 0 bridgehead atoms. The maximum atomic E-state index is 11.2. The molecule has 0 saturated carbocycles. The Morgan fingerprint density at radius 3 is 2.82 bits per heavy atom. The highest BCUT2D eigenvalue weighted by molar-refractivity contribution is 7.11. The van der Waals surface area contributed by atoms with Crippen molar-refractivity contribution >= 4 is 23.1 Å². The number of carbonyl (C=O) groups is 1. The first-order chi connectivity index (χ1) is 8.16. The third-order valence-corrected chi connectivity index (χ3v) is 3.28. The van der Waals surface area contributed by atoms with Crippen LogP contribution in [-0.2, 0) is 6.54 Å². The Labute approximate surface area is 103 Å². The van der Waals surface area contributed by atoms with Crippen molar-refractivity contribution in [1.82, 2.24) is 4.98 Å². The molecule has 0 saturated heterocycles. The lowest BCUT2D eigenvalue weighted by molar-refractivity contribution is 0.201. The van der Waals surface area contributed by atoms with E-state index >= 15 is 0 Å². The van der Waals surface area contributed by atoms with Gasteiger partial charge in [0.1, 0.15) is 0 Å². The molecule has 2 aromatic heterocycles. The van der Waals surface area contributed by atoms with E-state index in [2.05, 4.69) is 4.98 Å². The standard InChI is InChI=1S/C12H12N2O2S/c1-9-4-5-11(17-9)8-14(12(15)16)10-3-2-6-13-7-10/h2-7H,8H2,1H3,(H,15,16). The van der Waals surface area contributed by atoms with Gasteiger partial charge in [0.15, 0.2) is 0 Å². The maximum absolute atomic E-state index is 11.2. The van der Waals surface area contributed by atoms with E-state index in [1.165, 1.54) is 9.78 Å². The highest BCUT2D eigenvalue weighted by Gasteiger charge is 2.15. The minimum Gasteiger partial charge on any atom is -0.465 e. The summed E-state index contributed by atoms with van der Waals surface area (Å²) in [5.41, 5.74) is 0.589. The van der Waals surface area contributed by atoms with Crippen LogP contribution in [0.1, 0.15) is 9.75 Å². The quantitative estimate of drug-likeness (QED) is 0.907. The van der Waals surface area contributed by atoms with Gasteiger partial charge in [-0.2, -0.15) is 0 Å². The molecule has 2 heterocycles. The summed E-state index contributed by atoms with van der Waals surface area (Å²) in [4.78, 5) is 18.6. The van der Waals surface area contributed by atoms with E-state index in [1.54, 1.807) is 35.9 Å². The van der Waals surface area contributed by atoms with Crippen LogP contribution in [0.2, 0.25) is 0 Å². The number of carboxylic acid groups (broad SMARTS) is 1. The molecule has 0 fully saturated rings. The average molecular weight is 248 g/mol. The van der Waals surface area contributed by atoms with Gasteiger partial charge in [-0.15, -0.1) is 11.3 Å². The summed E-state index contributed by atoms with van der Waals surface area (Å²) in [6, 6.07) is 7.40. The van der Waals surface area contributed by atoms with Gasteiger partial charge in [-0.1, -0.05) is 0 Å². The summed E-state index contributed by atoms with van der Waals surface area (Å²) < 4.78 is 0.